The highest BCUT2D eigenvalue weighted by atomic mass is 16.5. The van der Waals surface area contributed by atoms with E-state index in [0.717, 1.165) is 17.7 Å². The first-order valence-corrected chi connectivity index (χ1v) is 12.5. The van der Waals surface area contributed by atoms with Gasteiger partial charge in [0.2, 0.25) is 12.3 Å². The molecule has 0 aliphatic carbocycles. The van der Waals surface area contributed by atoms with Crippen LogP contribution in [-0.4, -0.2) is 50.1 Å². The molecule has 39 heavy (non-hydrogen) atoms. The van der Waals surface area contributed by atoms with Crippen LogP contribution < -0.4 is 30.3 Å². The molecule has 204 valence electrons. The zero-order valence-corrected chi connectivity index (χ0v) is 22.1. The molecule has 10 heteroatoms. The summed E-state index contributed by atoms with van der Waals surface area (Å²) < 4.78 is 11.6. The van der Waals surface area contributed by atoms with E-state index in [0.29, 0.717) is 52.5 Å². The highest BCUT2D eigenvalue weighted by Gasteiger charge is 2.28. The lowest BCUT2D eigenvalue weighted by Crippen LogP contribution is -2.37. The molecule has 3 aromatic carbocycles. The van der Waals surface area contributed by atoms with Crippen LogP contribution in [0, 0.1) is 0 Å². The van der Waals surface area contributed by atoms with Crippen LogP contribution in [0.4, 0.5) is 17.1 Å². The van der Waals surface area contributed by atoms with Gasteiger partial charge in [-0.25, -0.2) is 0 Å². The summed E-state index contributed by atoms with van der Waals surface area (Å²) in [6, 6.07) is 15.7. The molecule has 10 nitrogen and oxygen atoms in total. The lowest BCUT2D eigenvalue weighted by Gasteiger charge is -2.21. The van der Waals surface area contributed by atoms with Crippen molar-refractivity contribution in [1.82, 2.24) is 5.32 Å². The van der Waals surface area contributed by atoms with Crippen molar-refractivity contribution >= 4 is 35.3 Å². The molecule has 0 spiro atoms. The number of amides is 3. The normalized spacial score (nSPS) is 12.8. The van der Waals surface area contributed by atoms with E-state index in [-0.39, 0.29) is 19.1 Å². The Kier molecular flexibility index (Phi) is 8.67. The molecule has 0 aromatic heterocycles. The molecule has 0 radical (unpaired) electrons. The molecule has 0 fully saturated rings. The third-order valence-electron chi connectivity index (χ3n) is 6.54. The average Bonchev–Trinajstić information content (AvgIpc) is 3.39. The number of para-hydroxylation sites is 1. The van der Waals surface area contributed by atoms with Crippen LogP contribution in [-0.2, 0) is 29.2 Å². The summed E-state index contributed by atoms with van der Waals surface area (Å²) in [6.07, 6.45) is 1.26. The quantitative estimate of drug-likeness (QED) is 0.279. The Morgan fingerprint density at radius 2 is 1.87 bits per heavy atom. The predicted molar refractivity (Wildman–Crippen MR) is 148 cm³/mol. The van der Waals surface area contributed by atoms with E-state index in [1.807, 2.05) is 24.3 Å². The molecule has 1 aliphatic heterocycles. The molecular weight excluding hydrogens is 500 g/mol. The first-order valence-electron chi connectivity index (χ1n) is 12.5. The maximum Gasteiger partial charge on any atom is 0.260 e. The van der Waals surface area contributed by atoms with Crippen molar-refractivity contribution in [3.63, 3.8) is 0 Å². The number of carbonyl (C=O) groups excluding carboxylic acids is 3. The number of aliphatic hydroxyl groups is 1. The van der Waals surface area contributed by atoms with Crippen molar-refractivity contribution in [3.05, 3.63) is 76.9 Å². The second-order valence-corrected chi connectivity index (χ2v) is 9.11. The molecule has 0 bridgehead atoms. The molecule has 3 amide bonds. The zero-order chi connectivity index (χ0) is 27.9. The largest absolute Gasteiger partial charge is 0.493 e. The minimum absolute atomic E-state index is 0.102. The summed E-state index contributed by atoms with van der Waals surface area (Å²) in [5.41, 5.74) is 4.83. The maximum atomic E-state index is 13.5. The lowest BCUT2D eigenvalue weighted by molar-refractivity contribution is -0.120. The molecule has 4 rings (SSSR count). The third-order valence-corrected chi connectivity index (χ3v) is 6.54. The molecule has 0 saturated carbocycles. The monoisotopic (exact) mass is 532 g/mol. The van der Waals surface area contributed by atoms with Crippen LogP contribution in [0.15, 0.2) is 54.6 Å². The number of ether oxygens (including phenoxy) is 2. The number of fused-ring (bicyclic) bond motifs is 1. The van der Waals surface area contributed by atoms with Gasteiger partial charge < -0.3 is 35.4 Å². The van der Waals surface area contributed by atoms with Gasteiger partial charge in [-0.3, -0.25) is 14.4 Å². The minimum atomic E-state index is -0.723. The number of anilines is 3. The van der Waals surface area contributed by atoms with Crippen LogP contribution in [0.1, 0.15) is 34.0 Å². The van der Waals surface area contributed by atoms with Gasteiger partial charge in [-0.2, -0.15) is 0 Å². The van der Waals surface area contributed by atoms with E-state index in [2.05, 4.69) is 16.0 Å². The molecule has 0 saturated heterocycles. The van der Waals surface area contributed by atoms with Gasteiger partial charge in [0.25, 0.3) is 5.91 Å². The number of nitrogens with zero attached hydrogens (tertiary/aromatic N) is 1. The van der Waals surface area contributed by atoms with Crippen LogP contribution in [0.25, 0.3) is 0 Å². The molecule has 1 unspecified atom stereocenters. The molecule has 1 heterocycles. The number of benzene rings is 3. The van der Waals surface area contributed by atoms with E-state index in [4.69, 9.17) is 9.47 Å². The van der Waals surface area contributed by atoms with Crippen molar-refractivity contribution in [2.75, 3.05) is 36.2 Å². The number of carbonyl (C=O) groups is 3. The third kappa shape index (κ3) is 6.12. The Bertz CT molecular complexity index is 1380. The van der Waals surface area contributed by atoms with E-state index >= 15 is 0 Å². The number of hydrogen-bond donors (Lipinski definition) is 4. The second-order valence-electron chi connectivity index (χ2n) is 9.11. The summed E-state index contributed by atoms with van der Waals surface area (Å²) >= 11 is 0. The topological polar surface area (TPSA) is 129 Å². The van der Waals surface area contributed by atoms with E-state index in [1.54, 1.807) is 49.2 Å². The lowest BCUT2D eigenvalue weighted by atomic mass is 10.1. The fourth-order valence-corrected chi connectivity index (χ4v) is 4.51. The standard InChI is InChI=1S/C29H32N4O6/c1-18(31-17-35)28(36)32-22-11-19(15-34)10-20(12-22)16-39-27-14-24(30-2)23(13-26(27)38-3)29(37)33-9-8-21-6-4-5-7-25(21)33/h4-7,10-14,17-18,30,34H,8-9,15-16H2,1-3H3,(H,31,35)(H,32,36). The van der Waals surface area contributed by atoms with Crippen LogP contribution in [0.5, 0.6) is 11.5 Å². The zero-order valence-electron chi connectivity index (χ0n) is 22.1. The molecule has 3 aromatic rings. The number of aliphatic hydroxyl groups excluding tert-OH is 1. The number of rotatable bonds is 11. The highest BCUT2D eigenvalue weighted by molar-refractivity contribution is 6.11. The van der Waals surface area contributed by atoms with Crippen molar-refractivity contribution in [2.45, 2.75) is 32.6 Å². The van der Waals surface area contributed by atoms with Crippen LogP contribution >= 0.6 is 0 Å². The van der Waals surface area contributed by atoms with E-state index < -0.39 is 11.9 Å². The number of nitrogens with one attached hydrogen (secondary N) is 3. The minimum Gasteiger partial charge on any atom is -0.493 e. The van der Waals surface area contributed by atoms with Gasteiger partial charge in [0.1, 0.15) is 12.6 Å². The van der Waals surface area contributed by atoms with E-state index in [9.17, 15) is 19.5 Å². The Morgan fingerprint density at radius 1 is 1.10 bits per heavy atom. The maximum absolute atomic E-state index is 13.5. The highest BCUT2D eigenvalue weighted by Crippen LogP contribution is 2.37. The van der Waals surface area contributed by atoms with Gasteiger partial charge in [0, 0.05) is 31.0 Å². The van der Waals surface area contributed by atoms with Gasteiger partial charge >= 0.3 is 0 Å². The second kappa shape index (κ2) is 12.3. The van der Waals surface area contributed by atoms with Gasteiger partial charge in [-0.05, 0) is 60.4 Å². The smallest absolute Gasteiger partial charge is 0.260 e. The summed E-state index contributed by atoms with van der Waals surface area (Å²) in [4.78, 5) is 38.3. The van der Waals surface area contributed by atoms with Gasteiger partial charge in [0.15, 0.2) is 11.5 Å². The summed E-state index contributed by atoms with van der Waals surface area (Å²) in [5.74, 6) is 0.281. The SMILES string of the molecule is CNc1cc(OCc2cc(CO)cc(NC(=O)C(C)NC=O)c2)c(OC)cc1C(=O)N1CCc2ccccc21. The van der Waals surface area contributed by atoms with Crippen molar-refractivity contribution < 1.29 is 29.0 Å². The molecule has 1 atom stereocenters. The number of methoxy groups -OCH3 is 1. The molecule has 1 aliphatic rings. The van der Waals surface area contributed by atoms with E-state index in [1.165, 1.54) is 7.11 Å². The number of hydrogen-bond acceptors (Lipinski definition) is 7. The molecule has 4 N–H and O–H groups in total. The Labute approximate surface area is 226 Å². The van der Waals surface area contributed by atoms with Crippen molar-refractivity contribution in [1.29, 1.82) is 0 Å². The summed E-state index contributed by atoms with van der Waals surface area (Å²) in [5, 5.41) is 17.9. The van der Waals surface area contributed by atoms with Gasteiger partial charge in [0.05, 0.1) is 25.0 Å². The fourth-order valence-electron chi connectivity index (χ4n) is 4.51. The Hall–Kier alpha value is -4.57. The Balaban J connectivity index is 1.56. The summed E-state index contributed by atoms with van der Waals surface area (Å²) in [7, 11) is 3.25. The first-order chi connectivity index (χ1) is 18.9. The van der Waals surface area contributed by atoms with Crippen molar-refractivity contribution in [2.24, 2.45) is 0 Å². The first kappa shape index (κ1) is 27.5. The van der Waals surface area contributed by atoms with Crippen LogP contribution in [0.2, 0.25) is 0 Å². The predicted octanol–water partition coefficient (Wildman–Crippen LogP) is 3.08. The van der Waals surface area contributed by atoms with Gasteiger partial charge in [-0.15, -0.1) is 0 Å². The van der Waals surface area contributed by atoms with Crippen LogP contribution in [0.3, 0.4) is 0 Å². The fraction of sp³-hybridized carbons (Fsp3) is 0.276. The average molecular weight is 533 g/mol. The Morgan fingerprint density at radius 3 is 2.59 bits per heavy atom. The molecular formula is C29H32N4O6. The van der Waals surface area contributed by atoms with Gasteiger partial charge in [-0.1, -0.05) is 18.2 Å². The summed E-state index contributed by atoms with van der Waals surface area (Å²) in [6.45, 7) is 2.03. The van der Waals surface area contributed by atoms with Crippen molar-refractivity contribution in [3.8, 4) is 11.5 Å².